The lowest BCUT2D eigenvalue weighted by Crippen LogP contribution is -2.37. The Hall–Kier alpha value is -1.83. The third kappa shape index (κ3) is 5.18. The number of ether oxygens (including phenoxy) is 1. The van der Waals surface area contributed by atoms with E-state index in [0.717, 1.165) is 5.56 Å². The Morgan fingerprint density at radius 3 is 2.95 bits per heavy atom. The van der Waals surface area contributed by atoms with Crippen molar-refractivity contribution in [2.45, 2.75) is 13.0 Å². The van der Waals surface area contributed by atoms with Gasteiger partial charge in [-0.1, -0.05) is 12.1 Å². The number of nitrogens with one attached hydrogen (secondary N) is 1. The first-order valence-electron chi connectivity index (χ1n) is 6.66. The van der Waals surface area contributed by atoms with Crippen LogP contribution in [0.3, 0.4) is 0 Å². The van der Waals surface area contributed by atoms with E-state index in [1.54, 1.807) is 24.3 Å². The fourth-order valence-electron chi connectivity index (χ4n) is 1.87. The largest absolute Gasteiger partial charge is 0.488 e. The molecule has 0 radical (unpaired) electrons. The second kappa shape index (κ2) is 7.98. The summed E-state index contributed by atoms with van der Waals surface area (Å²) in [5.74, 6) is 0.982. The average molecular weight is 330 g/mol. The van der Waals surface area contributed by atoms with Gasteiger partial charge in [0.15, 0.2) is 0 Å². The molecule has 0 saturated carbocycles. The molecule has 2 rings (SSSR count). The quantitative estimate of drug-likeness (QED) is 0.823. The highest BCUT2D eigenvalue weighted by Crippen LogP contribution is 2.15. The van der Waals surface area contributed by atoms with Gasteiger partial charge in [-0.2, -0.15) is 0 Å². The number of benzene rings is 1. The lowest BCUT2D eigenvalue weighted by atomic mass is 10.2. The standard InChI is InChI=1S/C14H16F2N2O3S/c15-12(16)7-21-11-3-1-2-10(4-11)5-17-13(19)6-18-9-22-8-14(18)20/h1-4,12H,5-9H2,(H,17,19). The number of rotatable bonds is 7. The third-order valence-corrected chi connectivity index (χ3v) is 3.87. The Kier molecular flexibility index (Phi) is 6.00. The van der Waals surface area contributed by atoms with Crippen molar-refractivity contribution in [3.05, 3.63) is 29.8 Å². The molecule has 1 N–H and O–H groups in total. The van der Waals surface area contributed by atoms with Gasteiger partial charge in [0.05, 0.1) is 11.6 Å². The molecule has 1 aromatic carbocycles. The first-order chi connectivity index (χ1) is 10.5. The molecule has 0 aliphatic carbocycles. The van der Waals surface area contributed by atoms with Gasteiger partial charge in [0.1, 0.15) is 18.9 Å². The van der Waals surface area contributed by atoms with Crippen molar-refractivity contribution in [2.24, 2.45) is 0 Å². The number of amides is 2. The highest BCUT2D eigenvalue weighted by atomic mass is 32.2. The number of hydrogen-bond donors (Lipinski definition) is 1. The van der Waals surface area contributed by atoms with Crippen LogP contribution in [0.1, 0.15) is 5.56 Å². The molecule has 1 heterocycles. The number of nitrogens with zero attached hydrogens (tertiary/aromatic N) is 1. The summed E-state index contributed by atoms with van der Waals surface area (Å²) in [6.07, 6.45) is -2.53. The maximum atomic E-state index is 12.1. The van der Waals surface area contributed by atoms with Crippen molar-refractivity contribution < 1.29 is 23.1 Å². The Morgan fingerprint density at radius 2 is 2.27 bits per heavy atom. The minimum absolute atomic E-state index is 0.0351. The van der Waals surface area contributed by atoms with Gasteiger partial charge in [-0.3, -0.25) is 9.59 Å². The van der Waals surface area contributed by atoms with Crippen LogP contribution in [0, 0.1) is 0 Å². The molecular weight excluding hydrogens is 314 g/mol. The fourth-order valence-corrected chi connectivity index (χ4v) is 2.78. The molecule has 0 atom stereocenters. The van der Waals surface area contributed by atoms with Crippen molar-refractivity contribution >= 4 is 23.6 Å². The van der Waals surface area contributed by atoms with Crippen LogP contribution in [0.25, 0.3) is 0 Å². The van der Waals surface area contributed by atoms with Gasteiger partial charge in [-0.05, 0) is 17.7 Å². The van der Waals surface area contributed by atoms with E-state index in [9.17, 15) is 18.4 Å². The van der Waals surface area contributed by atoms with E-state index in [2.05, 4.69) is 5.32 Å². The number of hydrogen-bond acceptors (Lipinski definition) is 4. The SMILES string of the molecule is O=C(CN1CSCC1=O)NCc1cccc(OCC(F)F)c1. The molecule has 1 aliphatic heterocycles. The Morgan fingerprint density at radius 1 is 1.45 bits per heavy atom. The van der Waals surface area contributed by atoms with E-state index in [1.807, 2.05) is 0 Å². The second-order valence-corrected chi connectivity index (χ2v) is 5.65. The lowest BCUT2D eigenvalue weighted by molar-refractivity contribution is -0.132. The molecule has 1 fully saturated rings. The fraction of sp³-hybridized carbons (Fsp3) is 0.429. The highest BCUT2D eigenvalue weighted by molar-refractivity contribution is 8.00. The number of halogens is 2. The summed E-state index contributed by atoms with van der Waals surface area (Å²) in [5, 5.41) is 2.69. The van der Waals surface area contributed by atoms with Crippen molar-refractivity contribution in [1.82, 2.24) is 10.2 Å². The zero-order chi connectivity index (χ0) is 15.9. The first kappa shape index (κ1) is 16.5. The minimum atomic E-state index is -2.53. The van der Waals surface area contributed by atoms with Crippen LogP contribution in [0.15, 0.2) is 24.3 Å². The van der Waals surface area contributed by atoms with Crippen molar-refractivity contribution in [3.8, 4) is 5.75 Å². The van der Waals surface area contributed by atoms with Crippen LogP contribution in [0.2, 0.25) is 0 Å². The number of alkyl halides is 2. The third-order valence-electron chi connectivity index (χ3n) is 2.92. The predicted octanol–water partition coefficient (Wildman–Crippen LogP) is 1.48. The number of carbonyl (C=O) groups is 2. The van der Waals surface area contributed by atoms with Crippen LogP contribution >= 0.6 is 11.8 Å². The van der Waals surface area contributed by atoms with Gasteiger partial charge in [0.2, 0.25) is 11.8 Å². The van der Waals surface area contributed by atoms with Crippen LogP contribution in [-0.4, -0.2) is 47.9 Å². The highest BCUT2D eigenvalue weighted by Gasteiger charge is 2.22. The minimum Gasteiger partial charge on any atom is -0.488 e. The van der Waals surface area contributed by atoms with Gasteiger partial charge in [0.25, 0.3) is 6.43 Å². The molecule has 120 valence electrons. The van der Waals surface area contributed by atoms with Crippen molar-refractivity contribution in [2.75, 3.05) is 24.8 Å². The summed E-state index contributed by atoms with van der Waals surface area (Å²) >= 11 is 1.48. The van der Waals surface area contributed by atoms with Gasteiger partial charge in [-0.15, -0.1) is 11.8 Å². The molecule has 0 unspecified atom stereocenters. The molecule has 5 nitrogen and oxygen atoms in total. The molecule has 1 saturated heterocycles. The molecule has 1 aromatic rings. The topological polar surface area (TPSA) is 58.6 Å². The normalized spacial score (nSPS) is 14.5. The van der Waals surface area contributed by atoms with E-state index in [-0.39, 0.29) is 24.9 Å². The molecule has 8 heteroatoms. The van der Waals surface area contributed by atoms with Crippen LogP contribution in [-0.2, 0) is 16.1 Å². The van der Waals surface area contributed by atoms with Crippen LogP contribution < -0.4 is 10.1 Å². The summed E-state index contributed by atoms with van der Waals surface area (Å²) in [4.78, 5) is 24.7. The summed E-state index contributed by atoms with van der Waals surface area (Å²) in [7, 11) is 0. The van der Waals surface area contributed by atoms with Crippen molar-refractivity contribution in [3.63, 3.8) is 0 Å². The Labute approximate surface area is 131 Å². The predicted molar refractivity (Wildman–Crippen MR) is 78.8 cm³/mol. The molecule has 2 amide bonds. The van der Waals surface area contributed by atoms with E-state index >= 15 is 0 Å². The molecule has 0 aromatic heterocycles. The van der Waals surface area contributed by atoms with E-state index in [4.69, 9.17) is 4.74 Å². The average Bonchev–Trinajstić information content (AvgIpc) is 2.89. The summed E-state index contributed by atoms with van der Waals surface area (Å²) in [6, 6.07) is 6.60. The molecular formula is C14H16F2N2O3S. The first-order valence-corrected chi connectivity index (χ1v) is 7.82. The van der Waals surface area contributed by atoms with Crippen molar-refractivity contribution in [1.29, 1.82) is 0 Å². The molecule has 0 bridgehead atoms. The smallest absolute Gasteiger partial charge is 0.272 e. The van der Waals surface area contributed by atoms with E-state index in [0.29, 0.717) is 17.4 Å². The zero-order valence-corrected chi connectivity index (χ0v) is 12.6. The maximum absolute atomic E-state index is 12.1. The number of carbonyl (C=O) groups excluding carboxylic acids is 2. The van der Waals surface area contributed by atoms with E-state index in [1.165, 1.54) is 16.7 Å². The monoisotopic (exact) mass is 330 g/mol. The molecule has 1 aliphatic rings. The Bertz CT molecular complexity index is 543. The molecule has 22 heavy (non-hydrogen) atoms. The van der Waals surface area contributed by atoms with Crippen LogP contribution in [0.4, 0.5) is 8.78 Å². The van der Waals surface area contributed by atoms with Gasteiger partial charge < -0.3 is 15.0 Å². The summed E-state index contributed by atoms with van der Waals surface area (Å²) in [5.41, 5.74) is 0.738. The van der Waals surface area contributed by atoms with Gasteiger partial charge >= 0.3 is 0 Å². The maximum Gasteiger partial charge on any atom is 0.272 e. The molecule has 0 spiro atoms. The zero-order valence-electron chi connectivity index (χ0n) is 11.8. The lowest BCUT2D eigenvalue weighted by Gasteiger charge is -2.14. The van der Waals surface area contributed by atoms with Gasteiger partial charge in [-0.25, -0.2) is 8.78 Å². The Balaban J connectivity index is 1.79. The summed E-state index contributed by atoms with van der Waals surface area (Å²) < 4.78 is 29.1. The van der Waals surface area contributed by atoms with Crippen LogP contribution in [0.5, 0.6) is 5.75 Å². The van der Waals surface area contributed by atoms with Gasteiger partial charge in [0, 0.05) is 6.54 Å². The number of thioether (sulfide) groups is 1. The summed E-state index contributed by atoms with van der Waals surface area (Å²) in [6.45, 7) is -0.377. The van der Waals surface area contributed by atoms with E-state index < -0.39 is 13.0 Å². The second-order valence-electron chi connectivity index (χ2n) is 4.70.